The van der Waals surface area contributed by atoms with Crippen LogP contribution in [-0.2, 0) is 9.59 Å². The summed E-state index contributed by atoms with van der Waals surface area (Å²) in [5, 5.41) is 9.50. The number of hydrogen-bond acceptors (Lipinski definition) is 3. The van der Waals surface area contributed by atoms with Crippen LogP contribution in [0.1, 0.15) is 32.1 Å². The normalized spacial score (nSPS) is 25.2. The molecule has 2 aliphatic rings. The molecule has 1 aromatic carbocycles. The summed E-state index contributed by atoms with van der Waals surface area (Å²) < 4.78 is 0. The zero-order valence-corrected chi connectivity index (χ0v) is 14.4. The summed E-state index contributed by atoms with van der Waals surface area (Å²) in [5.74, 6) is -0.227. The first-order valence-electron chi connectivity index (χ1n) is 8.57. The number of carbonyl (C=O) groups excluding carboxylic acids is 1. The van der Waals surface area contributed by atoms with Crippen molar-refractivity contribution in [1.82, 2.24) is 4.90 Å². The van der Waals surface area contributed by atoms with E-state index in [1.165, 1.54) is 0 Å². The zero-order valence-electron chi connectivity index (χ0n) is 13.7. The fourth-order valence-corrected chi connectivity index (χ4v) is 4.03. The number of rotatable bonds is 5. The molecule has 6 heteroatoms. The molecule has 0 spiro atoms. The summed E-state index contributed by atoms with van der Waals surface area (Å²) in [7, 11) is 0. The maximum Gasteiger partial charge on any atom is 0.303 e. The van der Waals surface area contributed by atoms with Gasteiger partial charge in [-0.05, 0) is 56.3 Å². The molecule has 1 amide bonds. The molecule has 3 rings (SSSR count). The van der Waals surface area contributed by atoms with E-state index in [2.05, 4.69) is 4.90 Å². The minimum Gasteiger partial charge on any atom is -0.481 e. The van der Waals surface area contributed by atoms with Crippen molar-refractivity contribution in [2.75, 3.05) is 24.5 Å². The third-order valence-electron chi connectivity index (χ3n) is 5.05. The van der Waals surface area contributed by atoms with Gasteiger partial charge in [-0.15, -0.1) is 0 Å². The molecule has 130 valence electrons. The number of aliphatic carboxylic acids is 1. The predicted molar refractivity (Wildman–Crippen MR) is 93.4 cm³/mol. The summed E-state index contributed by atoms with van der Waals surface area (Å²) in [6.45, 7) is 2.45. The van der Waals surface area contributed by atoms with E-state index in [0.29, 0.717) is 23.9 Å². The van der Waals surface area contributed by atoms with Gasteiger partial charge in [0.2, 0.25) is 5.91 Å². The van der Waals surface area contributed by atoms with Crippen molar-refractivity contribution in [3.8, 4) is 0 Å². The summed E-state index contributed by atoms with van der Waals surface area (Å²) in [6, 6.07) is 7.32. The Morgan fingerprint density at radius 3 is 2.88 bits per heavy atom. The monoisotopic (exact) mass is 350 g/mol. The molecule has 2 aliphatic heterocycles. The van der Waals surface area contributed by atoms with Gasteiger partial charge in [-0.2, -0.15) is 0 Å². The fourth-order valence-electron chi connectivity index (χ4n) is 3.85. The predicted octanol–water partition coefficient (Wildman–Crippen LogP) is 3.02. The van der Waals surface area contributed by atoms with Crippen LogP contribution >= 0.6 is 11.6 Å². The van der Waals surface area contributed by atoms with E-state index in [1.54, 1.807) is 6.07 Å². The molecule has 1 N–H and O–H groups in total. The molecule has 5 nitrogen and oxygen atoms in total. The SMILES string of the molecule is O=C(O)CCC1CCCN(C2CCN(c3cccc(Cl)c3)C2=O)C1. The Labute approximate surface area is 147 Å². The van der Waals surface area contributed by atoms with Gasteiger partial charge in [0.25, 0.3) is 0 Å². The molecular weight excluding hydrogens is 328 g/mol. The van der Waals surface area contributed by atoms with Gasteiger partial charge in [-0.1, -0.05) is 17.7 Å². The quantitative estimate of drug-likeness (QED) is 0.886. The highest BCUT2D eigenvalue weighted by atomic mass is 35.5. The van der Waals surface area contributed by atoms with E-state index in [-0.39, 0.29) is 18.4 Å². The second-order valence-corrected chi connectivity index (χ2v) is 7.15. The van der Waals surface area contributed by atoms with Crippen LogP contribution in [0.15, 0.2) is 24.3 Å². The Morgan fingerprint density at radius 1 is 1.29 bits per heavy atom. The number of likely N-dealkylation sites (tertiary alicyclic amines) is 1. The van der Waals surface area contributed by atoms with E-state index in [9.17, 15) is 9.59 Å². The van der Waals surface area contributed by atoms with Gasteiger partial charge in [0.15, 0.2) is 0 Å². The van der Waals surface area contributed by atoms with Crippen molar-refractivity contribution < 1.29 is 14.7 Å². The van der Waals surface area contributed by atoms with Crippen molar-refractivity contribution in [2.24, 2.45) is 5.92 Å². The van der Waals surface area contributed by atoms with Crippen LogP contribution in [0.2, 0.25) is 5.02 Å². The summed E-state index contributed by atoms with van der Waals surface area (Å²) >= 11 is 6.04. The van der Waals surface area contributed by atoms with Crippen LogP contribution in [0.3, 0.4) is 0 Å². The molecule has 2 heterocycles. The first kappa shape index (κ1) is 17.2. The molecule has 0 saturated carbocycles. The smallest absolute Gasteiger partial charge is 0.303 e. The molecular formula is C18H23ClN2O3. The highest BCUT2D eigenvalue weighted by Crippen LogP contribution is 2.30. The van der Waals surface area contributed by atoms with Crippen molar-refractivity contribution >= 4 is 29.2 Å². The van der Waals surface area contributed by atoms with Crippen LogP contribution in [0.5, 0.6) is 0 Å². The lowest BCUT2D eigenvalue weighted by molar-refractivity contribution is -0.137. The van der Waals surface area contributed by atoms with E-state index < -0.39 is 5.97 Å². The average molecular weight is 351 g/mol. The Balaban J connectivity index is 1.63. The van der Waals surface area contributed by atoms with Crippen molar-refractivity contribution in [1.29, 1.82) is 0 Å². The van der Waals surface area contributed by atoms with Gasteiger partial charge >= 0.3 is 5.97 Å². The molecule has 0 radical (unpaired) electrons. The number of piperidine rings is 1. The number of benzene rings is 1. The topological polar surface area (TPSA) is 60.9 Å². The van der Waals surface area contributed by atoms with Crippen LogP contribution in [0, 0.1) is 5.92 Å². The average Bonchev–Trinajstić information content (AvgIpc) is 2.95. The zero-order chi connectivity index (χ0) is 17.1. The molecule has 2 unspecified atom stereocenters. The van der Waals surface area contributed by atoms with Gasteiger partial charge in [0.1, 0.15) is 0 Å². The molecule has 1 aromatic rings. The lowest BCUT2D eigenvalue weighted by Gasteiger charge is -2.35. The highest BCUT2D eigenvalue weighted by Gasteiger charge is 2.38. The van der Waals surface area contributed by atoms with E-state index >= 15 is 0 Å². The van der Waals surface area contributed by atoms with Crippen molar-refractivity contribution in [2.45, 2.75) is 38.1 Å². The standard InChI is InChI=1S/C18H23ClN2O3/c19-14-4-1-5-15(11-14)21-10-8-16(18(21)24)20-9-2-3-13(12-20)6-7-17(22)23/h1,4-5,11,13,16H,2-3,6-10,12H2,(H,22,23). The number of halogens is 1. The maximum absolute atomic E-state index is 12.8. The molecule has 2 saturated heterocycles. The van der Waals surface area contributed by atoms with Crippen molar-refractivity contribution in [3.63, 3.8) is 0 Å². The Morgan fingerprint density at radius 2 is 2.12 bits per heavy atom. The van der Waals surface area contributed by atoms with Crippen LogP contribution in [0.25, 0.3) is 0 Å². The van der Waals surface area contributed by atoms with E-state index in [4.69, 9.17) is 16.7 Å². The van der Waals surface area contributed by atoms with Crippen molar-refractivity contribution in [3.05, 3.63) is 29.3 Å². The third-order valence-corrected chi connectivity index (χ3v) is 5.29. The lowest BCUT2D eigenvalue weighted by atomic mass is 9.92. The lowest BCUT2D eigenvalue weighted by Crippen LogP contribution is -2.46. The number of anilines is 1. The second-order valence-electron chi connectivity index (χ2n) is 6.71. The van der Waals surface area contributed by atoms with Gasteiger partial charge < -0.3 is 10.0 Å². The third kappa shape index (κ3) is 3.90. The molecule has 0 aromatic heterocycles. The van der Waals surface area contributed by atoms with Gasteiger partial charge in [0.05, 0.1) is 6.04 Å². The Hall–Kier alpha value is -1.59. The Kier molecular flexibility index (Phi) is 5.41. The second kappa shape index (κ2) is 7.53. The van der Waals surface area contributed by atoms with Gasteiger partial charge in [-0.25, -0.2) is 0 Å². The van der Waals surface area contributed by atoms with E-state index in [0.717, 1.165) is 38.0 Å². The number of nitrogens with zero attached hydrogens (tertiary/aromatic N) is 2. The summed E-state index contributed by atoms with van der Waals surface area (Å²) in [6.07, 6.45) is 3.82. The first-order valence-corrected chi connectivity index (χ1v) is 8.95. The minimum atomic E-state index is -0.740. The van der Waals surface area contributed by atoms with Crippen LogP contribution in [0.4, 0.5) is 5.69 Å². The number of carbonyl (C=O) groups is 2. The van der Waals surface area contributed by atoms with Crippen LogP contribution < -0.4 is 4.90 Å². The maximum atomic E-state index is 12.8. The molecule has 0 aliphatic carbocycles. The largest absolute Gasteiger partial charge is 0.481 e. The Bertz CT molecular complexity index is 622. The number of carboxylic acids is 1. The van der Waals surface area contributed by atoms with Crippen LogP contribution in [-0.4, -0.2) is 47.6 Å². The molecule has 2 fully saturated rings. The fraction of sp³-hybridized carbons (Fsp3) is 0.556. The summed E-state index contributed by atoms with van der Waals surface area (Å²) in [4.78, 5) is 27.7. The molecule has 24 heavy (non-hydrogen) atoms. The number of carboxylic acid groups (broad SMARTS) is 1. The van der Waals surface area contributed by atoms with Gasteiger partial charge in [0, 0.05) is 30.2 Å². The highest BCUT2D eigenvalue weighted by molar-refractivity contribution is 6.30. The first-order chi connectivity index (χ1) is 11.5. The minimum absolute atomic E-state index is 0.0865. The molecule has 0 bridgehead atoms. The number of hydrogen-bond donors (Lipinski definition) is 1. The summed E-state index contributed by atoms with van der Waals surface area (Å²) in [5.41, 5.74) is 0.856. The molecule has 2 atom stereocenters. The van der Waals surface area contributed by atoms with Gasteiger partial charge in [-0.3, -0.25) is 14.5 Å². The van der Waals surface area contributed by atoms with E-state index in [1.807, 2.05) is 23.1 Å². The number of amides is 1.